The Kier molecular flexibility index (Phi) is 4.92. The Morgan fingerprint density at radius 3 is 2.85 bits per heavy atom. The van der Waals surface area contributed by atoms with Crippen molar-refractivity contribution in [2.45, 2.75) is 25.9 Å². The molecule has 1 fully saturated rings. The van der Waals surface area contributed by atoms with Crippen LogP contribution in [0.3, 0.4) is 0 Å². The molecule has 0 radical (unpaired) electrons. The maximum Gasteiger partial charge on any atom is 0.139 e. The fourth-order valence-electron chi connectivity index (χ4n) is 2.57. The normalized spacial score (nSPS) is 16.4. The van der Waals surface area contributed by atoms with Crippen molar-refractivity contribution in [2.75, 3.05) is 31.2 Å². The number of aliphatic hydroxyl groups excluding tert-OH is 1. The number of ether oxygens (including phenoxy) is 1. The molecule has 110 valence electrons. The monoisotopic (exact) mass is 278 g/mol. The lowest BCUT2D eigenvalue weighted by Crippen LogP contribution is -2.39. The molecule has 0 atom stereocenters. The molecule has 0 bridgehead atoms. The van der Waals surface area contributed by atoms with Gasteiger partial charge in [0, 0.05) is 19.3 Å². The number of aliphatic hydroxyl groups is 1. The third kappa shape index (κ3) is 3.26. The number of rotatable bonds is 5. The number of nitrogens with two attached hydrogens (primary N) is 1. The van der Waals surface area contributed by atoms with Crippen molar-refractivity contribution in [1.29, 1.82) is 5.41 Å². The van der Waals surface area contributed by atoms with Gasteiger partial charge in [0.05, 0.1) is 24.9 Å². The van der Waals surface area contributed by atoms with Crippen molar-refractivity contribution in [3.8, 4) is 0 Å². The lowest BCUT2D eigenvalue weighted by atomic mass is 10.0. The Bertz CT molecular complexity index is 470. The highest BCUT2D eigenvalue weighted by molar-refractivity contribution is 6.01. The van der Waals surface area contributed by atoms with Gasteiger partial charge in [0.1, 0.15) is 11.7 Å². The van der Waals surface area contributed by atoms with Gasteiger partial charge in [0.25, 0.3) is 0 Å². The van der Waals surface area contributed by atoms with Crippen LogP contribution in [0.2, 0.25) is 0 Å². The molecule has 1 aromatic rings. The fraction of sp³-hybridized carbons (Fsp3) is 0.571. The van der Waals surface area contributed by atoms with Crippen LogP contribution in [0.1, 0.15) is 24.0 Å². The van der Waals surface area contributed by atoms with Gasteiger partial charge >= 0.3 is 0 Å². The molecule has 1 aliphatic rings. The van der Waals surface area contributed by atoms with Crippen molar-refractivity contribution < 1.29 is 9.84 Å². The number of amidine groups is 1. The molecule has 4 N–H and O–H groups in total. The van der Waals surface area contributed by atoms with E-state index in [4.69, 9.17) is 21.0 Å². The molecule has 0 aromatic carbocycles. The number of piperidine rings is 1. The molecular formula is C14H22N4O2. The molecule has 20 heavy (non-hydrogen) atoms. The second-order valence-corrected chi connectivity index (χ2v) is 5.02. The summed E-state index contributed by atoms with van der Waals surface area (Å²) in [4.78, 5) is 6.55. The summed E-state index contributed by atoms with van der Waals surface area (Å²) in [5.41, 5.74) is 7.38. The zero-order chi connectivity index (χ0) is 14.5. The Hall–Kier alpha value is -1.66. The lowest BCUT2D eigenvalue weighted by molar-refractivity contribution is 0.0158. The first kappa shape index (κ1) is 14.7. The van der Waals surface area contributed by atoms with Crippen LogP contribution >= 0.6 is 0 Å². The fourth-order valence-corrected chi connectivity index (χ4v) is 2.57. The summed E-state index contributed by atoms with van der Waals surface area (Å²) in [6.45, 7) is 4.05. The Morgan fingerprint density at radius 1 is 1.55 bits per heavy atom. The highest BCUT2D eigenvalue weighted by Crippen LogP contribution is 2.24. The molecular weight excluding hydrogens is 256 g/mol. The van der Waals surface area contributed by atoms with Crippen LogP contribution in [0.15, 0.2) is 12.3 Å². The minimum Gasteiger partial charge on any atom is -0.394 e. The Morgan fingerprint density at radius 2 is 2.25 bits per heavy atom. The molecule has 0 aliphatic carbocycles. The SMILES string of the molecule is Cc1ccnc(N2CCC(OCCO)CC2)c1C(=N)N. The van der Waals surface area contributed by atoms with E-state index in [2.05, 4.69) is 9.88 Å². The van der Waals surface area contributed by atoms with Gasteiger partial charge in [0.2, 0.25) is 0 Å². The minimum atomic E-state index is 0.0595. The molecule has 2 rings (SSSR count). The average Bonchev–Trinajstić information content (AvgIpc) is 2.45. The van der Waals surface area contributed by atoms with E-state index < -0.39 is 0 Å². The summed E-state index contributed by atoms with van der Waals surface area (Å²) in [6.07, 6.45) is 3.75. The highest BCUT2D eigenvalue weighted by Gasteiger charge is 2.23. The summed E-state index contributed by atoms with van der Waals surface area (Å²) in [7, 11) is 0. The van der Waals surface area contributed by atoms with Crippen LogP contribution in [0.25, 0.3) is 0 Å². The van der Waals surface area contributed by atoms with E-state index in [0.29, 0.717) is 6.61 Å². The van der Waals surface area contributed by atoms with Gasteiger partial charge in [-0.15, -0.1) is 0 Å². The second-order valence-electron chi connectivity index (χ2n) is 5.02. The summed E-state index contributed by atoms with van der Waals surface area (Å²) in [5, 5.41) is 16.5. The number of pyridine rings is 1. The van der Waals surface area contributed by atoms with E-state index >= 15 is 0 Å². The van der Waals surface area contributed by atoms with Crippen molar-refractivity contribution in [3.05, 3.63) is 23.4 Å². The number of hydrogen-bond donors (Lipinski definition) is 3. The van der Waals surface area contributed by atoms with Gasteiger partial charge in [-0.25, -0.2) is 4.98 Å². The molecule has 6 heteroatoms. The molecule has 0 unspecified atom stereocenters. The van der Waals surface area contributed by atoms with Crippen molar-refractivity contribution in [3.63, 3.8) is 0 Å². The largest absolute Gasteiger partial charge is 0.394 e. The van der Waals surface area contributed by atoms with Gasteiger partial charge in [-0.05, 0) is 31.4 Å². The third-order valence-corrected chi connectivity index (χ3v) is 3.59. The van der Waals surface area contributed by atoms with Crippen molar-refractivity contribution in [2.24, 2.45) is 5.73 Å². The lowest BCUT2D eigenvalue weighted by Gasteiger charge is -2.33. The topological polar surface area (TPSA) is 95.5 Å². The van der Waals surface area contributed by atoms with Crippen LogP contribution < -0.4 is 10.6 Å². The first-order valence-electron chi connectivity index (χ1n) is 6.91. The van der Waals surface area contributed by atoms with Gasteiger partial charge in [0.15, 0.2) is 0 Å². The minimum absolute atomic E-state index is 0.0595. The van der Waals surface area contributed by atoms with E-state index in [0.717, 1.165) is 42.9 Å². The zero-order valence-electron chi connectivity index (χ0n) is 11.8. The second kappa shape index (κ2) is 6.67. The molecule has 0 saturated carbocycles. The molecule has 2 heterocycles. The number of nitrogen functional groups attached to an aromatic ring is 1. The van der Waals surface area contributed by atoms with Gasteiger partial charge in [-0.3, -0.25) is 5.41 Å². The number of aromatic nitrogens is 1. The molecule has 1 aromatic heterocycles. The van der Waals surface area contributed by atoms with Crippen molar-refractivity contribution in [1.82, 2.24) is 4.98 Å². The first-order valence-corrected chi connectivity index (χ1v) is 6.91. The number of hydrogen-bond acceptors (Lipinski definition) is 5. The molecule has 1 aliphatic heterocycles. The molecule has 6 nitrogen and oxygen atoms in total. The first-order chi connectivity index (χ1) is 9.63. The Balaban J connectivity index is 2.07. The maximum atomic E-state index is 8.77. The van der Waals surface area contributed by atoms with Crippen LogP contribution in [0, 0.1) is 12.3 Å². The summed E-state index contributed by atoms with van der Waals surface area (Å²) < 4.78 is 5.55. The zero-order valence-corrected chi connectivity index (χ0v) is 11.8. The average molecular weight is 278 g/mol. The van der Waals surface area contributed by atoms with Gasteiger partial charge in [-0.2, -0.15) is 0 Å². The van der Waals surface area contributed by atoms with Crippen LogP contribution in [-0.2, 0) is 4.74 Å². The summed E-state index contributed by atoms with van der Waals surface area (Å²) in [6, 6.07) is 1.87. The van der Waals surface area contributed by atoms with E-state index in [1.807, 2.05) is 13.0 Å². The van der Waals surface area contributed by atoms with Crippen LogP contribution in [0.5, 0.6) is 0 Å². The standard InChI is InChI=1S/C14H22N4O2/c1-10-2-5-17-14(12(10)13(15)16)18-6-3-11(4-7-18)20-9-8-19/h2,5,11,19H,3-4,6-9H2,1H3,(H3,15,16). The number of aryl methyl sites for hydroxylation is 1. The van der Waals surface area contributed by atoms with E-state index in [-0.39, 0.29) is 18.5 Å². The van der Waals surface area contributed by atoms with Crippen LogP contribution in [-0.4, -0.2) is 48.3 Å². The number of nitrogens with one attached hydrogen (secondary N) is 1. The van der Waals surface area contributed by atoms with E-state index in [1.54, 1.807) is 6.20 Å². The quantitative estimate of drug-likeness (QED) is 0.543. The highest BCUT2D eigenvalue weighted by atomic mass is 16.5. The smallest absolute Gasteiger partial charge is 0.139 e. The molecule has 0 spiro atoms. The van der Waals surface area contributed by atoms with E-state index in [1.165, 1.54) is 0 Å². The number of anilines is 1. The molecule has 0 amide bonds. The predicted octanol–water partition coefficient (Wildman–Crippen LogP) is 0.652. The van der Waals surface area contributed by atoms with Crippen LogP contribution in [0.4, 0.5) is 5.82 Å². The molecule has 1 saturated heterocycles. The predicted molar refractivity (Wildman–Crippen MR) is 78.3 cm³/mol. The summed E-state index contributed by atoms with van der Waals surface area (Å²) >= 11 is 0. The van der Waals surface area contributed by atoms with Crippen molar-refractivity contribution >= 4 is 11.7 Å². The van der Waals surface area contributed by atoms with Gasteiger partial charge < -0.3 is 20.5 Å². The summed E-state index contributed by atoms with van der Waals surface area (Å²) in [5.74, 6) is 0.849. The van der Waals surface area contributed by atoms with E-state index in [9.17, 15) is 0 Å². The Labute approximate surface area is 119 Å². The maximum absolute atomic E-state index is 8.77. The van der Waals surface area contributed by atoms with Gasteiger partial charge in [-0.1, -0.05) is 0 Å². The third-order valence-electron chi connectivity index (χ3n) is 3.59. The number of nitrogens with zero attached hydrogens (tertiary/aromatic N) is 2.